The molecular formula is C20H25N3O3. The van der Waals surface area contributed by atoms with Gasteiger partial charge >= 0.3 is 0 Å². The van der Waals surface area contributed by atoms with Crippen LogP contribution in [0.5, 0.6) is 0 Å². The highest BCUT2D eigenvalue weighted by Gasteiger charge is 2.28. The molecule has 26 heavy (non-hydrogen) atoms. The topological polar surface area (TPSA) is 65.8 Å². The van der Waals surface area contributed by atoms with Gasteiger partial charge in [-0.3, -0.25) is 14.5 Å². The maximum Gasteiger partial charge on any atom is 0.289 e. The van der Waals surface area contributed by atoms with Gasteiger partial charge < -0.3 is 14.6 Å². The SMILES string of the molecule is CCc1ccc(NC(=O)[C@@H](C)N2CCN(C(=O)c3ccco3)CC2)cc1. The average molecular weight is 355 g/mol. The van der Waals surface area contributed by atoms with Crippen molar-refractivity contribution in [3.8, 4) is 0 Å². The number of nitrogens with zero attached hydrogens (tertiary/aromatic N) is 2. The Morgan fingerprint density at radius 2 is 1.81 bits per heavy atom. The predicted octanol–water partition coefficient (Wildman–Crippen LogP) is 2.63. The van der Waals surface area contributed by atoms with Gasteiger partial charge in [0.25, 0.3) is 5.91 Å². The van der Waals surface area contributed by atoms with Gasteiger partial charge in [-0.1, -0.05) is 19.1 Å². The lowest BCUT2D eigenvalue weighted by Crippen LogP contribution is -2.54. The zero-order chi connectivity index (χ0) is 18.5. The average Bonchev–Trinajstić information content (AvgIpc) is 3.22. The Labute approximate surface area is 153 Å². The van der Waals surface area contributed by atoms with Crippen molar-refractivity contribution in [3.05, 3.63) is 54.0 Å². The van der Waals surface area contributed by atoms with Gasteiger partial charge in [0.15, 0.2) is 5.76 Å². The molecule has 0 aliphatic carbocycles. The molecule has 1 N–H and O–H groups in total. The summed E-state index contributed by atoms with van der Waals surface area (Å²) in [5.41, 5.74) is 2.05. The number of aryl methyl sites for hydroxylation is 1. The highest BCUT2D eigenvalue weighted by Crippen LogP contribution is 2.14. The number of rotatable bonds is 5. The van der Waals surface area contributed by atoms with Crippen molar-refractivity contribution in [2.75, 3.05) is 31.5 Å². The molecule has 0 unspecified atom stereocenters. The van der Waals surface area contributed by atoms with Gasteiger partial charge in [0.1, 0.15) is 0 Å². The smallest absolute Gasteiger partial charge is 0.289 e. The summed E-state index contributed by atoms with van der Waals surface area (Å²) >= 11 is 0. The number of benzene rings is 1. The lowest BCUT2D eigenvalue weighted by atomic mass is 10.1. The van der Waals surface area contributed by atoms with E-state index in [-0.39, 0.29) is 17.9 Å². The van der Waals surface area contributed by atoms with Crippen LogP contribution in [0.3, 0.4) is 0 Å². The van der Waals surface area contributed by atoms with Crippen LogP contribution < -0.4 is 5.32 Å². The van der Waals surface area contributed by atoms with Crippen LogP contribution in [0.25, 0.3) is 0 Å². The first-order chi connectivity index (χ1) is 12.6. The fourth-order valence-electron chi connectivity index (χ4n) is 3.10. The third-order valence-electron chi connectivity index (χ3n) is 4.89. The Bertz CT molecular complexity index is 732. The van der Waals surface area contributed by atoms with E-state index < -0.39 is 0 Å². The third kappa shape index (κ3) is 4.14. The van der Waals surface area contributed by atoms with Crippen LogP contribution in [-0.4, -0.2) is 53.8 Å². The maximum absolute atomic E-state index is 12.5. The second-order valence-corrected chi connectivity index (χ2v) is 6.52. The number of carbonyl (C=O) groups is 2. The summed E-state index contributed by atoms with van der Waals surface area (Å²) in [5, 5.41) is 2.97. The first-order valence-electron chi connectivity index (χ1n) is 9.05. The molecule has 1 aromatic heterocycles. The molecule has 0 spiro atoms. The molecule has 2 heterocycles. The van der Waals surface area contributed by atoms with Gasteiger partial charge in [-0.25, -0.2) is 0 Å². The van der Waals surface area contributed by atoms with E-state index in [9.17, 15) is 9.59 Å². The molecule has 6 heteroatoms. The highest BCUT2D eigenvalue weighted by molar-refractivity contribution is 5.94. The summed E-state index contributed by atoms with van der Waals surface area (Å²) in [6.45, 7) is 6.50. The van der Waals surface area contributed by atoms with Crippen LogP contribution in [0.1, 0.15) is 30.0 Å². The van der Waals surface area contributed by atoms with Crippen LogP contribution >= 0.6 is 0 Å². The van der Waals surface area contributed by atoms with Gasteiger partial charge in [-0.05, 0) is 43.2 Å². The van der Waals surface area contributed by atoms with Crippen molar-refractivity contribution in [3.63, 3.8) is 0 Å². The summed E-state index contributed by atoms with van der Waals surface area (Å²) in [4.78, 5) is 28.7. The van der Waals surface area contributed by atoms with Crippen LogP contribution in [0.15, 0.2) is 47.1 Å². The summed E-state index contributed by atoms with van der Waals surface area (Å²) in [7, 11) is 0. The van der Waals surface area contributed by atoms with Crippen molar-refractivity contribution in [1.29, 1.82) is 0 Å². The minimum Gasteiger partial charge on any atom is -0.459 e. The van der Waals surface area contributed by atoms with Crippen molar-refractivity contribution in [1.82, 2.24) is 9.80 Å². The third-order valence-corrected chi connectivity index (χ3v) is 4.89. The number of carbonyl (C=O) groups excluding carboxylic acids is 2. The second kappa shape index (κ2) is 8.19. The van der Waals surface area contributed by atoms with Crippen LogP contribution in [0.4, 0.5) is 5.69 Å². The monoisotopic (exact) mass is 355 g/mol. The van der Waals surface area contributed by atoms with Crippen LogP contribution in [-0.2, 0) is 11.2 Å². The Hall–Kier alpha value is -2.60. The number of piperazine rings is 1. The van der Waals surface area contributed by atoms with Gasteiger partial charge in [0.05, 0.1) is 12.3 Å². The molecular weight excluding hydrogens is 330 g/mol. The van der Waals surface area contributed by atoms with Crippen LogP contribution in [0.2, 0.25) is 0 Å². The summed E-state index contributed by atoms with van der Waals surface area (Å²) in [6.07, 6.45) is 2.48. The normalized spacial score (nSPS) is 16.3. The molecule has 1 saturated heterocycles. The molecule has 1 aliphatic rings. The van der Waals surface area contributed by atoms with E-state index in [0.29, 0.717) is 31.9 Å². The minimum absolute atomic E-state index is 0.0277. The van der Waals surface area contributed by atoms with E-state index in [1.54, 1.807) is 17.0 Å². The maximum atomic E-state index is 12.5. The molecule has 1 fully saturated rings. The van der Waals surface area contributed by atoms with E-state index >= 15 is 0 Å². The standard InChI is InChI=1S/C20H25N3O3/c1-3-16-6-8-17(9-7-16)21-19(24)15(2)22-10-12-23(13-11-22)20(25)18-5-4-14-26-18/h4-9,14-15H,3,10-13H2,1-2H3,(H,21,24)/t15-/m1/s1. The summed E-state index contributed by atoms with van der Waals surface area (Å²) in [5.74, 6) is 0.239. The molecule has 1 aromatic carbocycles. The van der Waals surface area contributed by atoms with E-state index in [1.807, 2.05) is 31.2 Å². The first-order valence-corrected chi connectivity index (χ1v) is 9.05. The van der Waals surface area contributed by atoms with E-state index in [1.165, 1.54) is 11.8 Å². The summed E-state index contributed by atoms with van der Waals surface area (Å²) in [6, 6.07) is 11.1. The fourth-order valence-corrected chi connectivity index (χ4v) is 3.10. The molecule has 3 rings (SSSR count). The van der Waals surface area contributed by atoms with Crippen LogP contribution in [0, 0.1) is 0 Å². The molecule has 6 nitrogen and oxygen atoms in total. The van der Waals surface area contributed by atoms with Gasteiger partial charge in [0, 0.05) is 31.9 Å². The number of nitrogens with one attached hydrogen (secondary N) is 1. The van der Waals surface area contributed by atoms with Crippen molar-refractivity contribution < 1.29 is 14.0 Å². The molecule has 138 valence electrons. The molecule has 0 bridgehead atoms. The molecule has 1 atom stereocenters. The summed E-state index contributed by atoms with van der Waals surface area (Å²) < 4.78 is 5.17. The Morgan fingerprint density at radius 1 is 1.12 bits per heavy atom. The highest BCUT2D eigenvalue weighted by atomic mass is 16.3. The zero-order valence-electron chi connectivity index (χ0n) is 15.3. The Balaban J connectivity index is 1.51. The van der Waals surface area contributed by atoms with E-state index in [2.05, 4.69) is 17.1 Å². The van der Waals surface area contributed by atoms with E-state index in [0.717, 1.165) is 12.1 Å². The van der Waals surface area contributed by atoms with Crippen molar-refractivity contribution in [2.24, 2.45) is 0 Å². The zero-order valence-corrected chi connectivity index (χ0v) is 15.3. The lowest BCUT2D eigenvalue weighted by Gasteiger charge is -2.37. The Kier molecular flexibility index (Phi) is 5.73. The molecule has 2 amide bonds. The lowest BCUT2D eigenvalue weighted by molar-refractivity contribution is -0.121. The van der Waals surface area contributed by atoms with Gasteiger partial charge in [-0.2, -0.15) is 0 Å². The number of amides is 2. The van der Waals surface area contributed by atoms with Crippen molar-refractivity contribution >= 4 is 17.5 Å². The minimum atomic E-state index is -0.248. The number of hydrogen-bond acceptors (Lipinski definition) is 4. The number of hydrogen-bond donors (Lipinski definition) is 1. The quantitative estimate of drug-likeness (QED) is 0.895. The predicted molar refractivity (Wildman–Crippen MR) is 100 cm³/mol. The molecule has 2 aromatic rings. The fraction of sp³-hybridized carbons (Fsp3) is 0.400. The Morgan fingerprint density at radius 3 is 2.38 bits per heavy atom. The van der Waals surface area contributed by atoms with Gasteiger partial charge in [-0.15, -0.1) is 0 Å². The largest absolute Gasteiger partial charge is 0.459 e. The van der Waals surface area contributed by atoms with E-state index in [4.69, 9.17) is 4.42 Å². The second-order valence-electron chi connectivity index (χ2n) is 6.52. The number of anilines is 1. The van der Waals surface area contributed by atoms with Crippen molar-refractivity contribution in [2.45, 2.75) is 26.3 Å². The molecule has 0 saturated carbocycles. The number of furan rings is 1. The molecule has 1 aliphatic heterocycles. The first kappa shape index (κ1) is 18.2. The van der Waals surface area contributed by atoms with Gasteiger partial charge in [0.2, 0.25) is 5.91 Å². The molecule has 0 radical (unpaired) electrons.